The summed E-state index contributed by atoms with van der Waals surface area (Å²) in [4.78, 5) is 22.1. The molecule has 1 amide bonds. The van der Waals surface area contributed by atoms with Crippen molar-refractivity contribution < 1.29 is 13.6 Å². The highest BCUT2D eigenvalue weighted by Gasteiger charge is 2.62. The molecule has 1 atom stereocenters. The standard InChI is InChI=1S/C27H31F2N3O/c1-15(2)24-21-13-19(18-7-9-32(10-8-18)26(33)22-14-27(22,28)29)5-6-23(21)31-25(24)20-11-16(3)30-17(4)12-20/h5-6,11-13,15,18,22,31H,7-10,14H2,1-4H3. The first kappa shape index (κ1) is 22.1. The first-order chi connectivity index (χ1) is 15.6. The highest BCUT2D eigenvalue weighted by Crippen LogP contribution is 2.50. The van der Waals surface area contributed by atoms with Crippen molar-refractivity contribution in [1.82, 2.24) is 14.9 Å². The Hall–Kier alpha value is -2.76. The topological polar surface area (TPSA) is 49.0 Å². The van der Waals surface area contributed by atoms with Crippen LogP contribution in [-0.4, -0.2) is 39.8 Å². The lowest BCUT2D eigenvalue weighted by Gasteiger charge is -2.32. The highest BCUT2D eigenvalue weighted by atomic mass is 19.3. The maximum atomic E-state index is 13.3. The molecule has 1 saturated heterocycles. The molecular weight excluding hydrogens is 420 g/mol. The lowest BCUT2D eigenvalue weighted by atomic mass is 9.87. The van der Waals surface area contributed by atoms with Crippen LogP contribution in [0.2, 0.25) is 0 Å². The predicted molar refractivity (Wildman–Crippen MR) is 127 cm³/mol. The van der Waals surface area contributed by atoms with E-state index in [9.17, 15) is 13.6 Å². The van der Waals surface area contributed by atoms with Gasteiger partial charge >= 0.3 is 0 Å². The van der Waals surface area contributed by atoms with E-state index < -0.39 is 11.8 Å². The van der Waals surface area contributed by atoms with Gasteiger partial charge in [0.15, 0.2) is 0 Å². The van der Waals surface area contributed by atoms with Gasteiger partial charge in [-0.25, -0.2) is 8.78 Å². The van der Waals surface area contributed by atoms with E-state index in [-0.39, 0.29) is 12.3 Å². The third kappa shape index (κ3) is 4.04. The normalized spacial score (nSPS) is 20.6. The fraction of sp³-hybridized carbons (Fsp3) is 0.481. The second-order valence-electron chi connectivity index (χ2n) is 10.1. The third-order valence-corrected chi connectivity index (χ3v) is 7.21. The van der Waals surface area contributed by atoms with E-state index in [0.29, 0.717) is 24.9 Å². The number of carbonyl (C=O) groups is 1. The number of nitrogens with one attached hydrogen (secondary N) is 1. The van der Waals surface area contributed by atoms with Crippen LogP contribution in [-0.2, 0) is 4.79 Å². The summed E-state index contributed by atoms with van der Waals surface area (Å²) in [5.41, 5.74) is 8.00. The number of aromatic nitrogens is 2. The van der Waals surface area contributed by atoms with Gasteiger partial charge in [0.25, 0.3) is 5.92 Å². The maximum absolute atomic E-state index is 13.3. The van der Waals surface area contributed by atoms with Gasteiger partial charge in [-0.15, -0.1) is 0 Å². The summed E-state index contributed by atoms with van der Waals surface area (Å²) in [5, 5.41) is 1.24. The molecule has 33 heavy (non-hydrogen) atoms. The molecule has 1 aromatic carbocycles. The number of fused-ring (bicyclic) bond motifs is 1. The van der Waals surface area contributed by atoms with Crippen LogP contribution in [0.3, 0.4) is 0 Å². The maximum Gasteiger partial charge on any atom is 0.260 e. The lowest BCUT2D eigenvalue weighted by molar-refractivity contribution is -0.135. The Morgan fingerprint density at radius 3 is 2.33 bits per heavy atom. The molecule has 174 valence electrons. The molecule has 0 spiro atoms. The Morgan fingerprint density at radius 2 is 1.76 bits per heavy atom. The van der Waals surface area contributed by atoms with Crippen LogP contribution in [0.5, 0.6) is 0 Å². The summed E-state index contributed by atoms with van der Waals surface area (Å²) in [6.07, 6.45) is 1.34. The zero-order chi connectivity index (χ0) is 23.5. The number of hydrogen-bond acceptors (Lipinski definition) is 2. The smallest absolute Gasteiger partial charge is 0.260 e. The number of rotatable bonds is 4. The number of alkyl halides is 2. The minimum atomic E-state index is -2.79. The Morgan fingerprint density at radius 1 is 1.12 bits per heavy atom. The first-order valence-corrected chi connectivity index (χ1v) is 11.9. The zero-order valence-corrected chi connectivity index (χ0v) is 19.7. The Bertz CT molecular complexity index is 1200. The molecule has 2 aromatic heterocycles. The molecule has 2 aliphatic rings. The van der Waals surface area contributed by atoms with Crippen molar-refractivity contribution in [3.8, 4) is 11.3 Å². The molecule has 3 aromatic rings. The SMILES string of the molecule is Cc1cc(-c2[nH]c3ccc(C4CCN(C(=O)C5CC5(F)F)CC4)cc3c2C(C)C)cc(C)n1. The summed E-state index contributed by atoms with van der Waals surface area (Å²) in [6.45, 7) is 9.59. The predicted octanol–water partition coefficient (Wildman–Crippen LogP) is 6.33. The number of hydrogen-bond donors (Lipinski definition) is 1. The van der Waals surface area contributed by atoms with Gasteiger partial charge in [-0.1, -0.05) is 19.9 Å². The third-order valence-electron chi connectivity index (χ3n) is 7.21. The van der Waals surface area contributed by atoms with Crippen molar-refractivity contribution in [2.75, 3.05) is 13.1 Å². The highest BCUT2D eigenvalue weighted by molar-refractivity contribution is 5.92. The van der Waals surface area contributed by atoms with E-state index in [4.69, 9.17) is 0 Å². The average Bonchev–Trinajstić information content (AvgIpc) is 3.23. The molecule has 0 radical (unpaired) electrons. The molecule has 1 N–H and O–H groups in total. The quantitative estimate of drug-likeness (QED) is 0.504. The summed E-state index contributed by atoms with van der Waals surface area (Å²) in [5.74, 6) is -3.56. The molecule has 0 bridgehead atoms. The molecule has 5 rings (SSSR count). The van der Waals surface area contributed by atoms with Gasteiger partial charge in [-0.2, -0.15) is 0 Å². The molecule has 6 heteroatoms. The molecule has 1 aliphatic heterocycles. The van der Waals surface area contributed by atoms with Crippen molar-refractivity contribution in [2.45, 2.75) is 64.7 Å². The number of benzene rings is 1. The van der Waals surface area contributed by atoms with Crippen LogP contribution < -0.4 is 0 Å². The van der Waals surface area contributed by atoms with Crippen molar-refractivity contribution in [3.63, 3.8) is 0 Å². The number of piperidine rings is 1. The molecule has 4 nitrogen and oxygen atoms in total. The molecular formula is C27H31F2N3O. The fourth-order valence-electron chi connectivity index (χ4n) is 5.43. The minimum Gasteiger partial charge on any atom is -0.354 e. The van der Waals surface area contributed by atoms with Crippen molar-refractivity contribution in [1.29, 1.82) is 0 Å². The van der Waals surface area contributed by atoms with E-state index in [1.54, 1.807) is 4.90 Å². The molecule has 2 fully saturated rings. The molecule has 1 saturated carbocycles. The number of H-pyrrole nitrogens is 1. The van der Waals surface area contributed by atoms with Gasteiger partial charge in [-0.05, 0) is 73.9 Å². The van der Waals surface area contributed by atoms with E-state index in [0.717, 1.165) is 41.0 Å². The van der Waals surface area contributed by atoms with Crippen molar-refractivity contribution in [2.24, 2.45) is 5.92 Å². The molecule has 1 aliphatic carbocycles. The summed E-state index contributed by atoms with van der Waals surface area (Å²) in [6, 6.07) is 10.9. The average molecular weight is 452 g/mol. The van der Waals surface area contributed by atoms with Gasteiger partial charge in [0.1, 0.15) is 5.92 Å². The van der Waals surface area contributed by atoms with Crippen LogP contribution in [0.15, 0.2) is 30.3 Å². The van der Waals surface area contributed by atoms with Crippen LogP contribution in [0.1, 0.15) is 67.5 Å². The number of likely N-dealkylation sites (tertiary alicyclic amines) is 1. The van der Waals surface area contributed by atoms with E-state index in [1.165, 1.54) is 16.5 Å². The van der Waals surface area contributed by atoms with Crippen molar-refractivity contribution in [3.05, 3.63) is 52.8 Å². The lowest BCUT2D eigenvalue weighted by Crippen LogP contribution is -2.39. The largest absolute Gasteiger partial charge is 0.354 e. The number of nitrogens with zero attached hydrogens (tertiary/aromatic N) is 2. The molecule has 1 unspecified atom stereocenters. The van der Waals surface area contributed by atoms with Crippen LogP contribution in [0.4, 0.5) is 8.78 Å². The first-order valence-electron chi connectivity index (χ1n) is 11.9. The minimum absolute atomic E-state index is 0.285. The summed E-state index contributed by atoms with van der Waals surface area (Å²) >= 11 is 0. The Kier molecular flexibility index (Phi) is 5.30. The monoisotopic (exact) mass is 451 g/mol. The summed E-state index contributed by atoms with van der Waals surface area (Å²) in [7, 11) is 0. The number of pyridine rings is 1. The fourth-order valence-corrected chi connectivity index (χ4v) is 5.43. The molecule has 3 heterocycles. The van der Waals surface area contributed by atoms with Gasteiger partial charge in [0.05, 0.1) is 5.69 Å². The van der Waals surface area contributed by atoms with Gasteiger partial charge < -0.3 is 9.88 Å². The number of aromatic amines is 1. The zero-order valence-electron chi connectivity index (χ0n) is 19.7. The van der Waals surface area contributed by atoms with E-state index in [1.807, 2.05) is 13.8 Å². The van der Waals surface area contributed by atoms with Gasteiger partial charge in [0.2, 0.25) is 5.91 Å². The second-order valence-corrected chi connectivity index (χ2v) is 10.1. The number of carbonyl (C=O) groups excluding carboxylic acids is 1. The Balaban J connectivity index is 1.42. The Labute approximate surface area is 193 Å². The van der Waals surface area contributed by atoms with E-state index >= 15 is 0 Å². The van der Waals surface area contributed by atoms with Crippen LogP contribution >= 0.6 is 0 Å². The van der Waals surface area contributed by atoms with Gasteiger partial charge in [-0.3, -0.25) is 9.78 Å². The number of amides is 1. The number of aryl methyl sites for hydroxylation is 2. The van der Waals surface area contributed by atoms with E-state index in [2.05, 4.69) is 54.1 Å². The summed E-state index contributed by atoms with van der Waals surface area (Å²) < 4.78 is 26.6. The number of halogens is 2. The second kappa shape index (κ2) is 7.93. The van der Waals surface area contributed by atoms with Crippen molar-refractivity contribution >= 4 is 16.8 Å². The van der Waals surface area contributed by atoms with Crippen LogP contribution in [0.25, 0.3) is 22.2 Å². The van der Waals surface area contributed by atoms with Gasteiger partial charge in [0, 0.05) is 47.4 Å². The van der Waals surface area contributed by atoms with Crippen LogP contribution in [0, 0.1) is 19.8 Å².